The molecule has 0 aliphatic rings. The predicted molar refractivity (Wildman–Crippen MR) is 343 cm³/mol. The average Bonchev–Trinajstić information content (AvgIpc) is 0. The van der Waals surface area contributed by atoms with Gasteiger partial charge in [-0.2, -0.15) is 0 Å². The summed E-state index contributed by atoms with van der Waals surface area (Å²) in [7, 11) is 0. The Bertz CT molecular complexity index is 0. The molecule has 0 nitrogen and oxygen atoms in total. The Morgan fingerprint density at radius 2 is 0.0208 bits per heavy atom. The molecule has 0 rings (SSSR count). The molecule has 0 aromatic carbocycles. The molecule has 0 N–H and O–H groups in total. The normalized spacial score (nSPS) is 0. The summed E-state index contributed by atoms with van der Waals surface area (Å²) in [5, 5.41) is 0. The summed E-state index contributed by atoms with van der Waals surface area (Å²) in [6, 6.07) is 0. The second-order valence-electron chi connectivity index (χ2n) is 0. The van der Waals surface area contributed by atoms with Crippen LogP contribution in [0.15, 0.2) is 0 Å². The van der Waals surface area contributed by atoms with Gasteiger partial charge >= 0.3 is 1420 Å². The number of hydrogen-bond donors (Lipinski definition) is 0. The van der Waals surface area contributed by atoms with Gasteiger partial charge in [0.05, 0.1) is 0 Å². The van der Waals surface area contributed by atoms with Crippen molar-refractivity contribution in [2.45, 2.75) is 0 Å². The molecule has 0 heterocycles. The van der Waals surface area contributed by atoms with Gasteiger partial charge in [0.2, 0.25) is 0 Å². The summed E-state index contributed by atoms with van der Waals surface area (Å²) in [5.74, 6) is 0. The quantitative estimate of drug-likeness (QED) is 0.212. The van der Waals surface area contributed by atoms with Gasteiger partial charge in [-0.3, -0.25) is 0 Å². The summed E-state index contributed by atoms with van der Waals surface area (Å²) < 4.78 is 0. The fourth-order valence-electron chi connectivity index (χ4n) is 0. The molecule has 0 saturated carbocycles. The van der Waals surface area contributed by atoms with E-state index in [2.05, 4.69) is 0 Å². The Labute approximate surface area is 1370 Å². The monoisotopic (exact) mass is 1150 g/mol. The van der Waals surface area contributed by atoms with Crippen molar-refractivity contribution in [2.75, 3.05) is 0 Å². The van der Waals surface area contributed by atoms with Crippen molar-refractivity contribution >= 4 is 1420 Å². The number of hydrogen-bond acceptors (Lipinski definition) is 0. The molecule has 0 fully saturated rings. The van der Waals surface area contributed by atoms with Crippen LogP contribution in [0.25, 0.3) is 0 Å². The maximum absolute atomic E-state index is 0. The van der Waals surface area contributed by atoms with Gasteiger partial charge in [-0.25, -0.2) is 0 Å². The van der Waals surface area contributed by atoms with Gasteiger partial charge in [0, 0.05) is 0 Å². The molecular weight excluding hydrogens is 1100 g/mol. The molecule has 0 spiro atoms. The summed E-state index contributed by atoms with van der Waals surface area (Å²) in [4.78, 5) is 0. The van der Waals surface area contributed by atoms with Crippen LogP contribution in [-0.2, 0) is 0 Å². The topological polar surface area (TPSA) is 0 Å². The molecule has 0 atom stereocenters. The van der Waals surface area contributed by atoms with E-state index < -0.39 is 0 Å². The van der Waals surface area contributed by atoms with Crippen LogP contribution in [0, 0.1) is 0 Å². The van der Waals surface area contributed by atoms with E-state index in [1.807, 2.05) is 0 Å². The Hall–Kier alpha value is 48.0. The first-order valence-electron chi connectivity index (χ1n) is 0. The van der Waals surface area contributed by atoms with Crippen molar-refractivity contribution < 1.29 is 0 Å². The molecule has 48 heavy (non-hydrogen) atoms. The second kappa shape index (κ2) is 364. The van der Waals surface area contributed by atoms with E-state index in [9.17, 15) is 0 Å². The third kappa shape index (κ3) is 353. The second-order valence-corrected chi connectivity index (χ2v) is 0. The van der Waals surface area contributed by atoms with E-state index in [-0.39, 0.29) is 1420 Å². The van der Waals surface area contributed by atoms with E-state index in [4.69, 9.17) is 0 Å². The van der Waals surface area contributed by atoms with Gasteiger partial charge in [0.15, 0.2) is 0 Å². The summed E-state index contributed by atoms with van der Waals surface area (Å²) in [5.41, 5.74) is 0. The number of rotatable bonds is 0. The standard InChI is InChI=1S/48Na.48H. The molecule has 0 amide bonds. The van der Waals surface area contributed by atoms with Crippen LogP contribution in [0.1, 0.15) is 0 Å². The van der Waals surface area contributed by atoms with Crippen molar-refractivity contribution in [1.82, 2.24) is 0 Å². The molecular formula is H48Na48. The first-order chi connectivity index (χ1) is 0. The third-order valence-electron chi connectivity index (χ3n) is 0. The molecule has 0 aliphatic carbocycles. The SMILES string of the molecule is [NaH].[NaH].[NaH].[NaH].[NaH].[NaH].[NaH].[NaH].[NaH].[NaH].[NaH].[NaH].[NaH].[NaH].[NaH].[NaH].[NaH].[NaH].[NaH].[NaH].[NaH].[NaH].[NaH].[NaH].[NaH].[NaH].[NaH].[NaH].[NaH].[NaH].[NaH].[NaH].[NaH].[NaH].[NaH].[NaH].[NaH].[NaH].[NaH].[NaH].[NaH].[NaH].[NaH].[NaH].[NaH].[NaH].[NaH].[NaH]. The fraction of sp³-hybridized carbons (Fsp3) is 0. The zero-order chi connectivity index (χ0) is 0. The minimum absolute atomic E-state index is 0. The van der Waals surface area contributed by atoms with E-state index in [1.165, 1.54) is 0 Å². The summed E-state index contributed by atoms with van der Waals surface area (Å²) in [6.07, 6.45) is 0. The molecule has 0 aromatic heterocycles. The summed E-state index contributed by atoms with van der Waals surface area (Å²) >= 11 is 0. The van der Waals surface area contributed by atoms with E-state index in [0.717, 1.165) is 0 Å². The first kappa shape index (κ1) is 376. The van der Waals surface area contributed by atoms with Crippen LogP contribution in [0.3, 0.4) is 0 Å². The van der Waals surface area contributed by atoms with Gasteiger partial charge in [0.25, 0.3) is 0 Å². The Morgan fingerprint density at radius 3 is 0.0208 bits per heavy atom. The van der Waals surface area contributed by atoms with Crippen molar-refractivity contribution in [1.29, 1.82) is 0 Å². The van der Waals surface area contributed by atoms with Crippen LogP contribution in [0.5, 0.6) is 0 Å². The van der Waals surface area contributed by atoms with Crippen LogP contribution in [0.4, 0.5) is 0 Å². The van der Waals surface area contributed by atoms with Crippen molar-refractivity contribution in [3.8, 4) is 0 Å². The molecule has 0 aliphatic heterocycles. The molecule has 0 unspecified atom stereocenters. The van der Waals surface area contributed by atoms with Crippen LogP contribution >= 0.6 is 0 Å². The van der Waals surface area contributed by atoms with Gasteiger partial charge in [-0.15, -0.1) is 0 Å². The Morgan fingerprint density at radius 1 is 0.0208 bits per heavy atom. The molecule has 0 saturated heterocycles. The van der Waals surface area contributed by atoms with E-state index >= 15 is 0 Å². The van der Waals surface area contributed by atoms with Crippen molar-refractivity contribution in [3.63, 3.8) is 0 Å². The minimum atomic E-state index is 0. The Kier molecular flexibility index (Phi) is 2850. The van der Waals surface area contributed by atoms with Gasteiger partial charge in [0.1, 0.15) is 0 Å². The van der Waals surface area contributed by atoms with Crippen molar-refractivity contribution in [3.05, 3.63) is 0 Å². The first-order valence-corrected chi connectivity index (χ1v) is 0. The molecule has 0 aromatic rings. The van der Waals surface area contributed by atoms with E-state index in [1.54, 1.807) is 0 Å². The predicted octanol–water partition coefficient (Wildman–Crippen LogP) is -31.1. The fourth-order valence-corrected chi connectivity index (χ4v) is 0. The molecule has 48 heteroatoms. The zero-order valence-corrected chi connectivity index (χ0v) is 0. The maximum atomic E-state index is 0. The average molecular weight is 1150 g/mol. The van der Waals surface area contributed by atoms with Crippen LogP contribution in [-0.4, -0.2) is 1420 Å². The van der Waals surface area contributed by atoms with Crippen LogP contribution in [0.2, 0.25) is 0 Å². The van der Waals surface area contributed by atoms with Gasteiger partial charge in [-0.1, -0.05) is 0 Å². The molecule has 96 valence electrons. The van der Waals surface area contributed by atoms with Gasteiger partial charge < -0.3 is 0 Å². The van der Waals surface area contributed by atoms with Crippen LogP contribution < -0.4 is 0 Å². The molecule has 0 radical (unpaired) electrons. The molecule has 0 bridgehead atoms. The Balaban J connectivity index is 0. The summed E-state index contributed by atoms with van der Waals surface area (Å²) in [6.45, 7) is 0. The van der Waals surface area contributed by atoms with Gasteiger partial charge in [-0.05, 0) is 0 Å². The van der Waals surface area contributed by atoms with Crippen molar-refractivity contribution in [2.24, 2.45) is 0 Å². The van der Waals surface area contributed by atoms with E-state index in [0.29, 0.717) is 0 Å². The third-order valence-corrected chi connectivity index (χ3v) is 0. The zero-order valence-electron chi connectivity index (χ0n) is 0.